The van der Waals surface area contributed by atoms with Crippen LogP contribution in [0.25, 0.3) is 11.1 Å². The van der Waals surface area contributed by atoms with Crippen LogP contribution in [0.3, 0.4) is 0 Å². The Morgan fingerprint density at radius 2 is 1.87 bits per heavy atom. The van der Waals surface area contributed by atoms with Gasteiger partial charge in [0.25, 0.3) is 0 Å². The summed E-state index contributed by atoms with van der Waals surface area (Å²) in [6, 6.07) is 11.9. The first-order chi connectivity index (χ1) is 7.31. The van der Waals surface area contributed by atoms with E-state index in [0.717, 1.165) is 16.7 Å². The average molecular weight is 238 g/mol. The number of rotatable bonds is 2. The Balaban J connectivity index is 2.56. The van der Waals surface area contributed by atoms with Gasteiger partial charge in [0.15, 0.2) is 0 Å². The van der Waals surface area contributed by atoms with Crippen molar-refractivity contribution >= 4 is 23.2 Å². The van der Waals surface area contributed by atoms with Gasteiger partial charge in [-0.15, -0.1) is 11.6 Å². The fraction of sp³-hybridized carbons (Fsp3) is 0.0833. The Bertz CT molecular complexity index is 454. The predicted octanol–water partition coefficient (Wildman–Crippen LogP) is 4.14. The molecule has 76 valence electrons. The summed E-state index contributed by atoms with van der Waals surface area (Å²) in [6.07, 6.45) is 1.72. The average Bonchev–Trinajstić information content (AvgIpc) is 2.30. The third-order valence-corrected chi connectivity index (χ3v) is 2.68. The van der Waals surface area contributed by atoms with E-state index >= 15 is 0 Å². The maximum atomic E-state index is 5.87. The Kier molecular flexibility index (Phi) is 3.24. The summed E-state index contributed by atoms with van der Waals surface area (Å²) in [7, 11) is 0. The van der Waals surface area contributed by atoms with Gasteiger partial charge in [-0.25, -0.2) is 4.98 Å². The number of hydrogen-bond donors (Lipinski definition) is 0. The number of aromatic nitrogens is 1. The first-order valence-corrected chi connectivity index (χ1v) is 5.48. The van der Waals surface area contributed by atoms with Gasteiger partial charge in [0.2, 0.25) is 0 Å². The van der Waals surface area contributed by atoms with Gasteiger partial charge >= 0.3 is 0 Å². The van der Waals surface area contributed by atoms with E-state index in [1.807, 2.05) is 36.4 Å². The Morgan fingerprint density at radius 3 is 2.53 bits per heavy atom. The largest absolute Gasteiger partial charge is 0.244 e. The van der Waals surface area contributed by atoms with Crippen molar-refractivity contribution in [2.45, 2.75) is 5.88 Å². The van der Waals surface area contributed by atoms with Crippen molar-refractivity contribution < 1.29 is 0 Å². The number of alkyl halides is 1. The Morgan fingerprint density at radius 1 is 1.13 bits per heavy atom. The third-order valence-electron chi connectivity index (χ3n) is 2.18. The SMILES string of the molecule is ClCc1cnc(Cl)cc1-c1ccccc1. The van der Waals surface area contributed by atoms with Crippen LogP contribution in [-0.4, -0.2) is 4.98 Å². The first-order valence-electron chi connectivity index (χ1n) is 4.57. The standard InChI is InChI=1S/C12H9Cl2N/c13-7-10-8-15-12(14)6-11(10)9-4-2-1-3-5-9/h1-6,8H,7H2. The minimum Gasteiger partial charge on any atom is -0.244 e. The molecule has 0 radical (unpaired) electrons. The van der Waals surface area contributed by atoms with Crippen molar-refractivity contribution in [1.29, 1.82) is 0 Å². The van der Waals surface area contributed by atoms with Crippen LogP contribution < -0.4 is 0 Å². The van der Waals surface area contributed by atoms with Crippen molar-refractivity contribution in [3.05, 3.63) is 53.3 Å². The molecule has 1 nitrogen and oxygen atoms in total. The fourth-order valence-corrected chi connectivity index (χ4v) is 1.82. The smallest absolute Gasteiger partial charge is 0.129 e. The highest BCUT2D eigenvalue weighted by molar-refractivity contribution is 6.29. The van der Waals surface area contributed by atoms with Crippen LogP contribution in [0.15, 0.2) is 42.6 Å². The van der Waals surface area contributed by atoms with Gasteiger partial charge in [-0.2, -0.15) is 0 Å². The lowest BCUT2D eigenvalue weighted by Crippen LogP contribution is -1.88. The van der Waals surface area contributed by atoms with Crippen molar-refractivity contribution in [3.63, 3.8) is 0 Å². The highest BCUT2D eigenvalue weighted by atomic mass is 35.5. The van der Waals surface area contributed by atoms with Crippen LogP contribution in [0.2, 0.25) is 5.15 Å². The Hall–Kier alpha value is -1.05. The molecule has 0 bridgehead atoms. The molecule has 0 spiro atoms. The van der Waals surface area contributed by atoms with Crippen LogP contribution in [0.4, 0.5) is 0 Å². The monoisotopic (exact) mass is 237 g/mol. The molecule has 3 heteroatoms. The van der Waals surface area contributed by atoms with Crippen molar-refractivity contribution in [2.75, 3.05) is 0 Å². The van der Waals surface area contributed by atoms with E-state index in [1.54, 1.807) is 6.20 Å². The molecular weight excluding hydrogens is 229 g/mol. The molecule has 1 aromatic heterocycles. The van der Waals surface area contributed by atoms with Gasteiger partial charge in [-0.05, 0) is 22.8 Å². The summed E-state index contributed by atoms with van der Waals surface area (Å²) >= 11 is 11.7. The van der Waals surface area contributed by atoms with Gasteiger partial charge in [0.1, 0.15) is 5.15 Å². The molecule has 1 heterocycles. The molecule has 0 N–H and O–H groups in total. The molecule has 0 aliphatic heterocycles. The number of benzene rings is 1. The molecule has 0 saturated carbocycles. The lowest BCUT2D eigenvalue weighted by molar-refractivity contribution is 1.25. The first kappa shape index (κ1) is 10.5. The van der Waals surface area contributed by atoms with Crippen LogP contribution in [0.1, 0.15) is 5.56 Å². The van der Waals surface area contributed by atoms with Crippen molar-refractivity contribution in [3.8, 4) is 11.1 Å². The van der Waals surface area contributed by atoms with Gasteiger partial charge in [0, 0.05) is 12.1 Å². The fourth-order valence-electron chi connectivity index (χ4n) is 1.45. The summed E-state index contributed by atoms with van der Waals surface area (Å²) in [5.41, 5.74) is 3.15. The van der Waals surface area contributed by atoms with Crippen molar-refractivity contribution in [2.24, 2.45) is 0 Å². The quantitative estimate of drug-likeness (QED) is 0.566. The van der Waals surface area contributed by atoms with E-state index in [1.165, 1.54) is 0 Å². The molecule has 0 fully saturated rings. The number of nitrogens with zero attached hydrogens (tertiary/aromatic N) is 1. The lowest BCUT2D eigenvalue weighted by atomic mass is 10.0. The summed E-state index contributed by atoms with van der Waals surface area (Å²) in [6.45, 7) is 0. The lowest BCUT2D eigenvalue weighted by Gasteiger charge is -2.06. The summed E-state index contributed by atoms with van der Waals surface area (Å²) in [5, 5.41) is 0.489. The zero-order chi connectivity index (χ0) is 10.7. The molecule has 0 aliphatic rings. The molecule has 0 aliphatic carbocycles. The van der Waals surface area contributed by atoms with E-state index in [4.69, 9.17) is 23.2 Å². The molecule has 0 saturated heterocycles. The van der Waals surface area contributed by atoms with Crippen LogP contribution >= 0.6 is 23.2 Å². The van der Waals surface area contributed by atoms with Gasteiger partial charge < -0.3 is 0 Å². The third kappa shape index (κ3) is 2.31. The second-order valence-electron chi connectivity index (χ2n) is 3.16. The zero-order valence-electron chi connectivity index (χ0n) is 7.95. The van der Waals surface area contributed by atoms with E-state index in [0.29, 0.717) is 11.0 Å². The van der Waals surface area contributed by atoms with E-state index < -0.39 is 0 Å². The van der Waals surface area contributed by atoms with E-state index in [-0.39, 0.29) is 0 Å². The number of halogens is 2. The highest BCUT2D eigenvalue weighted by Gasteiger charge is 2.05. The van der Waals surface area contributed by atoms with Gasteiger partial charge in [-0.1, -0.05) is 41.9 Å². The summed E-state index contributed by atoms with van der Waals surface area (Å²) < 4.78 is 0. The van der Waals surface area contributed by atoms with Gasteiger partial charge in [0.05, 0.1) is 0 Å². The molecular formula is C12H9Cl2N. The maximum Gasteiger partial charge on any atom is 0.129 e. The topological polar surface area (TPSA) is 12.9 Å². The molecule has 2 rings (SSSR count). The predicted molar refractivity (Wildman–Crippen MR) is 64.2 cm³/mol. The van der Waals surface area contributed by atoms with E-state index in [9.17, 15) is 0 Å². The maximum absolute atomic E-state index is 5.87. The highest BCUT2D eigenvalue weighted by Crippen LogP contribution is 2.26. The Labute approximate surface area is 98.7 Å². The second kappa shape index (κ2) is 4.65. The number of hydrogen-bond acceptors (Lipinski definition) is 1. The normalized spacial score (nSPS) is 10.3. The molecule has 0 unspecified atom stereocenters. The van der Waals surface area contributed by atoms with Gasteiger partial charge in [-0.3, -0.25) is 0 Å². The summed E-state index contributed by atoms with van der Waals surface area (Å²) in [4.78, 5) is 4.02. The molecule has 1 aromatic carbocycles. The van der Waals surface area contributed by atoms with Crippen LogP contribution in [0.5, 0.6) is 0 Å². The number of pyridine rings is 1. The zero-order valence-corrected chi connectivity index (χ0v) is 9.46. The summed E-state index contributed by atoms with van der Waals surface area (Å²) in [5.74, 6) is 0.439. The molecule has 0 amide bonds. The molecule has 2 aromatic rings. The van der Waals surface area contributed by atoms with E-state index in [2.05, 4.69) is 4.98 Å². The van der Waals surface area contributed by atoms with Crippen molar-refractivity contribution in [1.82, 2.24) is 4.98 Å². The molecule has 0 atom stereocenters. The van der Waals surface area contributed by atoms with Crippen LogP contribution in [0, 0.1) is 0 Å². The second-order valence-corrected chi connectivity index (χ2v) is 3.82. The minimum atomic E-state index is 0.439. The van der Waals surface area contributed by atoms with Crippen LogP contribution in [-0.2, 0) is 5.88 Å². The minimum absolute atomic E-state index is 0.439. The molecule has 15 heavy (non-hydrogen) atoms.